The van der Waals surface area contributed by atoms with Crippen LogP contribution >= 0.6 is 0 Å². The Morgan fingerprint density at radius 3 is 2.57 bits per heavy atom. The molecule has 2 N–H and O–H groups in total. The van der Waals surface area contributed by atoms with Gasteiger partial charge in [-0.05, 0) is 13.0 Å². The van der Waals surface area contributed by atoms with Crippen LogP contribution in [0.3, 0.4) is 0 Å². The predicted octanol–water partition coefficient (Wildman–Crippen LogP) is 1.52. The zero-order chi connectivity index (χ0) is 10.9. The Bertz CT molecular complexity index is 417. The molecule has 6 heteroatoms. The molecule has 0 heterocycles. The summed E-state index contributed by atoms with van der Waals surface area (Å²) in [4.78, 5) is 20.5. The van der Waals surface area contributed by atoms with Crippen molar-refractivity contribution in [2.75, 3.05) is 5.73 Å². The van der Waals surface area contributed by atoms with E-state index in [1.807, 2.05) is 0 Å². The van der Waals surface area contributed by atoms with E-state index in [2.05, 4.69) is 0 Å². The van der Waals surface area contributed by atoms with Gasteiger partial charge in [0.2, 0.25) is 0 Å². The average molecular weight is 198 g/mol. The molecule has 0 atom stereocenters. The number of ketones is 1. The van der Waals surface area contributed by atoms with Gasteiger partial charge in [0.1, 0.15) is 11.4 Å². The Balaban J connectivity index is 3.52. The normalized spacial score (nSPS) is 9.86. The van der Waals surface area contributed by atoms with Crippen LogP contribution in [0.2, 0.25) is 0 Å². The first kappa shape index (κ1) is 10.1. The molecule has 0 fully saturated rings. The van der Waals surface area contributed by atoms with Gasteiger partial charge in [0.05, 0.1) is 4.92 Å². The lowest BCUT2D eigenvalue weighted by Crippen LogP contribution is -2.04. The fourth-order valence-corrected chi connectivity index (χ4v) is 1.11. The van der Waals surface area contributed by atoms with Crippen molar-refractivity contribution >= 4 is 17.2 Å². The lowest BCUT2D eigenvalue weighted by molar-refractivity contribution is -0.385. The summed E-state index contributed by atoms with van der Waals surface area (Å²) in [5.74, 6) is -1.67. The van der Waals surface area contributed by atoms with E-state index in [0.717, 1.165) is 19.1 Å². The zero-order valence-electron chi connectivity index (χ0n) is 7.28. The number of Topliss-reactive ketones (excluding diaryl/α,β-unsaturated/α-hetero) is 1. The second-order valence-electron chi connectivity index (χ2n) is 2.71. The topological polar surface area (TPSA) is 86.2 Å². The van der Waals surface area contributed by atoms with Crippen LogP contribution in [-0.4, -0.2) is 10.7 Å². The molecule has 0 bridgehead atoms. The van der Waals surface area contributed by atoms with Crippen molar-refractivity contribution in [1.29, 1.82) is 0 Å². The van der Waals surface area contributed by atoms with Gasteiger partial charge in [-0.25, -0.2) is 4.39 Å². The minimum Gasteiger partial charge on any atom is -0.398 e. The van der Waals surface area contributed by atoms with E-state index in [1.165, 1.54) is 0 Å². The first-order valence-corrected chi connectivity index (χ1v) is 3.68. The summed E-state index contributed by atoms with van der Waals surface area (Å²) in [6, 6.07) is 1.84. The Labute approximate surface area is 78.5 Å². The van der Waals surface area contributed by atoms with Gasteiger partial charge in [-0.15, -0.1) is 0 Å². The van der Waals surface area contributed by atoms with E-state index < -0.39 is 27.8 Å². The molecule has 0 aromatic heterocycles. The summed E-state index contributed by atoms with van der Waals surface area (Å²) in [5.41, 5.74) is 3.99. The van der Waals surface area contributed by atoms with Gasteiger partial charge in [0.25, 0.3) is 5.69 Å². The van der Waals surface area contributed by atoms with Crippen LogP contribution in [-0.2, 0) is 0 Å². The first-order chi connectivity index (χ1) is 6.43. The van der Waals surface area contributed by atoms with E-state index >= 15 is 0 Å². The maximum absolute atomic E-state index is 13.1. The smallest absolute Gasteiger partial charge is 0.285 e. The lowest BCUT2D eigenvalue weighted by Gasteiger charge is -2.01. The van der Waals surface area contributed by atoms with Gasteiger partial charge < -0.3 is 5.73 Å². The Kier molecular flexibility index (Phi) is 2.46. The fraction of sp³-hybridized carbons (Fsp3) is 0.125. The van der Waals surface area contributed by atoms with Crippen LogP contribution in [0.15, 0.2) is 12.1 Å². The number of nitro groups is 1. The molecule has 0 saturated carbocycles. The maximum atomic E-state index is 13.1. The molecule has 1 rings (SSSR count). The largest absolute Gasteiger partial charge is 0.398 e. The summed E-state index contributed by atoms with van der Waals surface area (Å²) < 4.78 is 13.1. The number of nitro benzene ring substituents is 1. The van der Waals surface area contributed by atoms with E-state index in [4.69, 9.17) is 5.73 Å². The number of anilines is 1. The third-order valence-electron chi connectivity index (χ3n) is 1.64. The average Bonchev–Trinajstić information content (AvgIpc) is 2.01. The first-order valence-electron chi connectivity index (χ1n) is 3.68. The molecule has 0 radical (unpaired) electrons. The second kappa shape index (κ2) is 3.41. The van der Waals surface area contributed by atoms with E-state index in [-0.39, 0.29) is 5.69 Å². The molecule has 14 heavy (non-hydrogen) atoms. The molecule has 5 nitrogen and oxygen atoms in total. The van der Waals surface area contributed by atoms with E-state index in [9.17, 15) is 19.3 Å². The van der Waals surface area contributed by atoms with Crippen LogP contribution in [0.1, 0.15) is 17.3 Å². The van der Waals surface area contributed by atoms with Gasteiger partial charge in [0.15, 0.2) is 5.78 Å². The minimum absolute atomic E-state index is 0.0841. The van der Waals surface area contributed by atoms with Crippen molar-refractivity contribution in [2.45, 2.75) is 6.92 Å². The predicted molar refractivity (Wildman–Crippen MR) is 47.5 cm³/mol. The molecular weight excluding hydrogens is 191 g/mol. The Morgan fingerprint density at radius 1 is 1.57 bits per heavy atom. The monoisotopic (exact) mass is 198 g/mol. The zero-order valence-corrected chi connectivity index (χ0v) is 7.28. The van der Waals surface area contributed by atoms with Gasteiger partial charge in [-0.3, -0.25) is 14.9 Å². The highest BCUT2D eigenvalue weighted by atomic mass is 19.1. The van der Waals surface area contributed by atoms with Crippen LogP contribution in [0.25, 0.3) is 0 Å². The van der Waals surface area contributed by atoms with E-state index in [1.54, 1.807) is 0 Å². The van der Waals surface area contributed by atoms with Crippen molar-refractivity contribution in [3.05, 3.63) is 33.6 Å². The number of rotatable bonds is 2. The Morgan fingerprint density at radius 2 is 2.14 bits per heavy atom. The molecule has 0 unspecified atom stereocenters. The molecule has 1 aromatic carbocycles. The van der Waals surface area contributed by atoms with Crippen molar-refractivity contribution in [3.8, 4) is 0 Å². The number of benzene rings is 1. The van der Waals surface area contributed by atoms with Crippen LogP contribution in [0.5, 0.6) is 0 Å². The number of nitrogens with two attached hydrogens (primary N) is 1. The van der Waals surface area contributed by atoms with Crippen molar-refractivity contribution in [3.63, 3.8) is 0 Å². The molecule has 0 aliphatic rings. The van der Waals surface area contributed by atoms with Crippen molar-refractivity contribution in [2.24, 2.45) is 0 Å². The molecule has 0 amide bonds. The minimum atomic E-state index is -0.968. The quantitative estimate of drug-likeness (QED) is 0.338. The number of carbonyl (C=O) groups excluding carboxylic acids is 1. The molecule has 74 valence electrons. The molecule has 1 aromatic rings. The number of carbonyl (C=O) groups is 1. The highest BCUT2D eigenvalue weighted by Crippen LogP contribution is 2.25. The molecule has 0 saturated heterocycles. The van der Waals surface area contributed by atoms with Gasteiger partial charge in [0, 0.05) is 11.8 Å². The van der Waals surface area contributed by atoms with Crippen LogP contribution in [0, 0.1) is 15.9 Å². The summed E-state index contributed by atoms with van der Waals surface area (Å²) >= 11 is 0. The van der Waals surface area contributed by atoms with Gasteiger partial charge in [-0.1, -0.05) is 0 Å². The number of hydrogen-bond donors (Lipinski definition) is 1. The summed E-state index contributed by atoms with van der Waals surface area (Å²) in [6.07, 6.45) is 0. The van der Waals surface area contributed by atoms with Crippen molar-refractivity contribution < 1.29 is 14.1 Å². The van der Waals surface area contributed by atoms with Crippen molar-refractivity contribution in [1.82, 2.24) is 0 Å². The second-order valence-corrected chi connectivity index (χ2v) is 2.71. The third-order valence-corrected chi connectivity index (χ3v) is 1.64. The summed E-state index contributed by atoms with van der Waals surface area (Å²) in [7, 11) is 0. The molecule has 0 spiro atoms. The standard InChI is InChI=1S/C8H7FN2O3/c1-4(12)8-6(9)2-5(10)3-7(8)11(13)14/h2-3H,10H2,1H3. The van der Waals surface area contributed by atoms with Crippen LogP contribution in [0.4, 0.5) is 15.8 Å². The third kappa shape index (κ3) is 1.68. The number of nitrogens with zero attached hydrogens (tertiary/aromatic N) is 1. The summed E-state index contributed by atoms with van der Waals surface area (Å²) in [5, 5.41) is 10.5. The maximum Gasteiger partial charge on any atom is 0.285 e. The highest BCUT2D eigenvalue weighted by molar-refractivity contribution is 5.98. The number of halogens is 1. The van der Waals surface area contributed by atoms with E-state index in [0.29, 0.717) is 0 Å². The fourth-order valence-electron chi connectivity index (χ4n) is 1.11. The Hall–Kier alpha value is -1.98. The molecule has 0 aliphatic heterocycles. The number of hydrogen-bond acceptors (Lipinski definition) is 4. The molecular formula is C8H7FN2O3. The van der Waals surface area contributed by atoms with Gasteiger partial charge in [-0.2, -0.15) is 0 Å². The highest BCUT2D eigenvalue weighted by Gasteiger charge is 2.22. The molecule has 0 aliphatic carbocycles. The van der Waals surface area contributed by atoms with Gasteiger partial charge >= 0.3 is 0 Å². The SMILES string of the molecule is CC(=O)c1c(F)cc(N)cc1[N+](=O)[O-]. The lowest BCUT2D eigenvalue weighted by atomic mass is 10.1. The summed E-state index contributed by atoms with van der Waals surface area (Å²) in [6.45, 7) is 1.06. The van der Waals surface area contributed by atoms with Crippen LogP contribution < -0.4 is 5.73 Å². The number of nitrogen functional groups attached to an aromatic ring is 1.